The summed E-state index contributed by atoms with van der Waals surface area (Å²) in [6.45, 7) is 0. The van der Waals surface area contributed by atoms with Crippen molar-refractivity contribution in [3.8, 4) is 16.9 Å². The molecule has 0 aliphatic carbocycles. The van der Waals surface area contributed by atoms with E-state index in [1.165, 1.54) is 0 Å². The number of nitrogens with two attached hydrogens (primary N) is 1. The van der Waals surface area contributed by atoms with Gasteiger partial charge in [0.05, 0.1) is 11.4 Å². The molecule has 2 N–H and O–H groups in total. The summed E-state index contributed by atoms with van der Waals surface area (Å²) in [5.74, 6) is -6.09. The van der Waals surface area contributed by atoms with Crippen LogP contribution >= 0.6 is 0 Å². The van der Waals surface area contributed by atoms with E-state index in [1.807, 2.05) is 0 Å². The third kappa shape index (κ3) is 3.13. The Morgan fingerprint density at radius 1 is 0.923 bits per heavy atom. The number of oxazole rings is 1. The Morgan fingerprint density at radius 3 is 1.96 bits per heavy atom. The number of primary sulfonamides is 1. The minimum absolute atomic E-state index is 0.265. The van der Waals surface area contributed by atoms with Crippen LogP contribution in [0.25, 0.3) is 16.9 Å². The Bertz CT molecular complexity index is 1140. The maximum absolute atomic E-state index is 14.0. The fourth-order valence-electron chi connectivity index (χ4n) is 2.40. The van der Waals surface area contributed by atoms with Crippen molar-refractivity contribution in [2.45, 2.75) is 4.90 Å². The van der Waals surface area contributed by atoms with Crippen molar-refractivity contribution in [3.63, 3.8) is 0 Å². The van der Waals surface area contributed by atoms with Crippen LogP contribution in [0.15, 0.2) is 50.7 Å². The largest absolute Gasteiger partial charge is 0.424 e. The molecule has 0 spiro atoms. The number of aromatic nitrogens is 1. The molecule has 3 rings (SSSR count). The first-order valence-corrected chi connectivity index (χ1v) is 8.32. The second-order valence-electron chi connectivity index (χ2n) is 5.16. The van der Waals surface area contributed by atoms with Gasteiger partial charge in [-0.1, -0.05) is 0 Å². The normalized spacial score (nSPS) is 11.7. The van der Waals surface area contributed by atoms with Gasteiger partial charge in [0.15, 0.2) is 4.90 Å². The van der Waals surface area contributed by atoms with E-state index in [-0.39, 0.29) is 16.9 Å². The molecule has 0 atom stereocenters. The molecule has 11 heteroatoms. The summed E-state index contributed by atoms with van der Waals surface area (Å²) in [6.07, 6.45) is 0.802. The molecule has 0 unspecified atom stereocenters. The van der Waals surface area contributed by atoms with Gasteiger partial charge in [0.1, 0.15) is 29.5 Å². The predicted octanol–water partition coefficient (Wildman–Crippen LogP) is 2.30. The molecule has 6 nitrogen and oxygen atoms in total. The van der Waals surface area contributed by atoms with Crippen LogP contribution in [0.1, 0.15) is 0 Å². The zero-order valence-electron chi connectivity index (χ0n) is 12.5. The minimum atomic E-state index is -4.67. The number of nitrogens with zero attached hydrogens (tertiary/aromatic N) is 1. The van der Waals surface area contributed by atoms with Gasteiger partial charge in [0.25, 0.3) is 0 Å². The summed E-state index contributed by atoms with van der Waals surface area (Å²) in [5.41, 5.74) is -0.880. The van der Waals surface area contributed by atoms with Crippen molar-refractivity contribution < 1.29 is 30.4 Å². The molecular weight excluding hydrogens is 380 g/mol. The summed E-state index contributed by atoms with van der Waals surface area (Å²) >= 11 is 0. The number of halogens is 4. The Labute approximate surface area is 143 Å². The molecule has 0 saturated carbocycles. The monoisotopic (exact) mass is 388 g/mol. The number of hydrogen-bond donors (Lipinski definition) is 1. The molecule has 0 amide bonds. The Kier molecular flexibility index (Phi) is 4.20. The fraction of sp³-hybridized carbons (Fsp3) is 0. The van der Waals surface area contributed by atoms with Crippen molar-refractivity contribution in [1.29, 1.82) is 0 Å². The molecule has 136 valence electrons. The molecule has 0 fully saturated rings. The van der Waals surface area contributed by atoms with E-state index in [0.29, 0.717) is 22.8 Å². The number of sulfonamides is 1. The summed E-state index contributed by atoms with van der Waals surface area (Å²) in [7, 11) is -4.67. The molecule has 0 bridgehead atoms. The quantitative estimate of drug-likeness (QED) is 0.697. The van der Waals surface area contributed by atoms with Crippen molar-refractivity contribution in [3.05, 3.63) is 70.4 Å². The van der Waals surface area contributed by atoms with Gasteiger partial charge in [-0.25, -0.2) is 40.5 Å². The maximum Gasteiger partial charge on any atom is 0.424 e. The van der Waals surface area contributed by atoms with Crippen LogP contribution in [0.3, 0.4) is 0 Å². The van der Waals surface area contributed by atoms with Gasteiger partial charge in [0.2, 0.25) is 10.0 Å². The first-order valence-electron chi connectivity index (χ1n) is 6.77. The Hall–Kier alpha value is -2.92. The molecule has 0 radical (unpaired) electrons. The van der Waals surface area contributed by atoms with Gasteiger partial charge >= 0.3 is 5.76 Å². The van der Waals surface area contributed by atoms with Crippen LogP contribution in [0, 0.1) is 23.3 Å². The minimum Gasteiger partial charge on any atom is -0.415 e. The number of rotatable bonds is 3. The standard InChI is InChI=1S/C15H8F4N2O4S/c16-8-3-9(17)5-10(4-8)21-13(6-25-15(21)22)7-1-11(18)14(12(19)2-7)26(20,23)24/h1-6H,(H2,20,23,24). The highest BCUT2D eigenvalue weighted by Crippen LogP contribution is 2.28. The van der Waals surface area contributed by atoms with Crippen molar-refractivity contribution in [1.82, 2.24) is 4.57 Å². The highest BCUT2D eigenvalue weighted by molar-refractivity contribution is 7.89. The fourth-order valence-corrected chi connectivity index (χ4v) is 3.06. The lowest BCUT2D eigenvalue weighted by Crippen LogP contribution is -2.17. The Balaban J connectivity index is 2.26. The van der Waals surface area contributed by atoms with Gasteiger partial charge in [0, 0.05) is 11.6 Å². The van der Waals surface area contributed by atoms with Gasteiger partial charge in [-0.2, -0.15) is 0 Å². The van der Waals surface area contributed by atoms with E-state index in [9.17, 15) is 30.8 Å². The van der Waals surface area contributed by atoms with Gasteiger partial charge in [-0.3, -0.25) is 0 Å². The van der Waals surface area contributed by atoms with Crippen LogP contribution in [0.4, 0.5) is 17.6 Å². The zero-order valence-corrected chi connectivity index (χ0v) is 13.4. The molecule has 1 heterocycles. The van der Waals surface area contributed by atoms with Crippen LogP contribution in [-0.2, 0) is 10.0 Å². The highest BCUT2D eigenvalue weighted by Gasteiger charge is 2.23. The third-order valence-electron chi connectivity index (χ3n) is 3.38. The summed E-state index contributed by atoms with van der Waals surface area (Å²) in [6, 6.07) is 3.36. The van der Waals surface area contributed by atoms with E-state index < -0.39 is 43.9 Å². The van der Waals surface area contributed by atoms with E-state index in [4.69, 9.17) is 5.14 Å². The topological polar surface area (TPSA) is 95.3 Å². The zero-order chi connectivity index (χ0) is 19.2. The molecule has 0 aliphatic heterocycles. The lowest BCUT2D eigenvalue weighted by molar-refractivity contribution is 0.503. The van der Waals surface area contributed by atoms with Crippen LogP contribution in [0.5, 0.6) is 0 Å². The lowest BCUT2D eigenvalue weighted by Gasteiger charge is -2.09. The molecule has 0 aliphatic rings. The predicted molar refractivity (Wildman–Crippen MR) is 80.9 cm³/mol. The average molecular weight is 388 g/mol. The van der Waals surface area contributed by atoms with E-state index in [2.05, 4.69) is 4.42 Å². The van der Waals surface area contributed by atoms with Crippen molar-refractivity contribution in [2.24, 2.45) is 5.14 Å². The summed E-state index contributed by atoms with van der Waals surface area (Å²) in [5, 5.41) is 4.74. The first-order chi connectivity index (χ1) is 12.1. The maximum atomic E-state index is 14.0. The second kappa shape index (κ2) is 6.11. The van der Waals surface area contributed by atoms with Gasteiger partial charge in [-0.15, -0.1) is 0 Å². The smallest absolute Gasteiger partial charge is 0.415 e. The van der Waals surface area contributed by atoms with Crippen molar-refractivity contribution in [2.75, 3.05) is 0 Å². The first kappa shape index (κ1) is 17.9. The molecule has 0 saturated heterocycles. The summed E-state index contributed by atoms with van der Waals surface area (Å²) in [4.78, 5) is 10.5. The van der Waals surface area contributed by atoms with E-state index >= 15 is 0 Å². The molecule has 26 heavy (non-hydrogen) atoms. The highest BCUT2D eigenvalue weighted by atomic mass is 32.2. The van der Waals surface area contributed by atoms with E-state index in [1.54, 1.807) is 0 Å². The molecule has 3 aromatic rings. The second-order valence-corrected chi connectivity index (χ2v) is 6.66. The van der Waals surface area contributed by atoms with Gasteiger partial charge in [-0.05, 0) is 24.3 Å². The summed E-state index contributed by atoms with van der Waals surface area (Å²) < 4.78 is 82.6. The third-order valence-corrected chi connectivity index (χ3v) is 4.34. The average Bonchev–Trinajstić information content (AvgIpc) is 2.85. The molecule has 2 aromatic carbocycles. The van der Waals surface area contributed by atoms with E-state index in [0.717, 1.165) is 18.4 Å². The van der Waals surface area contributed by atoms with Gasteiger partial charge < -0.3 is 4.42 Å². The Morgan fingerprint density at radius 2 is 1.46 bits per heavy atom. The molecule has 1 aromatic heterocycles. The SMILES string of the molecule is NS(=O)(=O)c1c(F)cc(-c2coc(=O)n2-c2cc(F)cc(F)c2)cc1F. The van der Waals surface area contributed by atoms with Crippen LogP contribution in [-0.4, -0.2) is 13.0 Å². The van der Waals surface area contributed by atoms with Crippen molar-refractivity contribution >= 4 is 10.0 Å². The lowest BCUT2D eigenvalue weighted by atomic mass is 10.1. The number of hydrogen-bond acceptors (Lipinski definition) is 4. The molecular formula is C15H8F4N2O4S. The number of benzene rings is 2. The van der Waals surface area contributed by atoms with Crippen LogP contribution in [0.2, 0.25) is 0 Å². The van der Waals surface area contributed by atoms with Crippen LogP contribution < -0.4 is 10.9 Å².